The van der Waals surface area contributed by atoms with Crippen molar-refractivity contribution in [3.63, 3.8) is 0 Å². The molecule has 1 unspecified atom stereocenters. The van der Waals surface area contributed by atoms with E-state index in [1.807, 2.05) is 37.3 Å². The van der Waals surface area contributed by atoms with Crippen LogP contribution in [0.5, 0.6) is 0 Å². The summed E-state index contributed by atoms with van der Waals surface area (Å²) >= 11 is 1.46. The van der Waals surface area contributed by atoms with Crippen LogP contribution in [0.3, 0.4) is 0 Å². The summed E-state index contributed by atoms with van der Waals surface area (Å²) in [6.45, 7) is 2.97. The summed E-state index contributed by atoms with van der Waals surface area (Å²) in [5, 5.41) is 19.3. The summed E-state index contributed by atoms with van der Waals surface area (Å²) in [7, 11) is 0. The summed E-state index contributed by atoms with van der Waals surface area (Å²) in [6.07, 6.45) is 1.18. The Morgan fingerprint density at radius 3 is 2.72 bits per heavy atom. The smallest absolute Gasteiger partial charge is 0.272 e. The predicted molar refractivity (Wildman–Crippen MR) is 118 cm³/mol. The van der Waals surface area contributed by atoms with Gasteiger partial charge in [0.1, 0.15) is 12.1 Å². The number of benzene rings is 1. The van der Waals surface area contributed by atoms with Crippen LogP contribution < -0.4 is 16.3 Å². The number of amides is 3. The maximum absolute atomic E-state index is 13.2. The van der Waals surface area contributed by atoms with E-state index in [-0.39, 0.29) is 17.6 Å². The molecule has 0 aromatic heterocycles. The normalized spacial score (nSPS) is 23.0. The Hall–Kier alpha value is -2.18. The number of carbonyl (C=O) groups is 3. The number of unbranched alkanes of at least 4 members (excludes halogenated alkanes) is 1. The van der Waals surface area contributed by atoms with Gasteiger partial charge in [0.25, 0.3) is 11.8 Å². The van der Waals surface area contributed by atoms with Gasteiger partial charge in [-0.1, -0.05) is 54.6 Å². The summed E-state index contributed by atoms with van der Waals surface area (Å²) in [4.78, 5) is 39.4. The molecule has 0 bridgehead atoms. The lowest BCUT2D eigenvalue weighted by Gasteiger charge is -2.30. The van der Waals surface area contributed by atoms with Gasteiger partial charge < -0.3 is 10.0 Å². The maximum Gasteiger partial charge on any atom is 0.272 e. The quantitative estimate of drug-likeness (QED) is 0.206. The van der Waals surface area contributed by atoms with Crippen molar-refractivity contribution in [1.29, 1.82) is 0 Å². The highest BCUT2D eigenvalue weighted by molar-refractivity contribution is 7.97. The van der Waals surface area contributed by atoms with Crippen LogP contribution in [0.15, 0.2) is 30.3 Å². The number of hydrazine groups is 2. The Kier molecular flexibility index (Phi) is 8.88. The third kappa shape index (κ3) is 5.78. The topological polar surface area (TPSA) is 134 Å². The molecule has 3 amide bonds. The Bertz CT molecular complexity index is 798. The molecule has 176 valence electrons. The fraction of sp³-hybridized carbons (Fsp3) is 0.571. The Balaban J connectivity index is 1.62. The number of hydroxylamine groups is 1. The first-order chi connectivity index (χ1) is 15.5. The molecule has 2 heterocycles. The van der Waals surface area contributed by atoms with Gasteiger partial charge >= 0.3 is 0 Å². The predicted octanol–water partition coefficient (Wildman–Crippen LogP) is 0.891. The van der Waals surface area contributed by atoms with Crippen molar-refractivity contribution in [3.8, 4) is 0 Å². The van der Waals surface area contributed by atoms with E-state index in [2.05, 4.69) is 10.9 Å². The molecule has 3 rings (SSSR count). The van der Waals surface area contributed by atoms with E-state index in [4.69, 9.17) is 5.21 Å². The number of nitrogens with zero attached hydrogens (tertiary/aromatic N) is 2. The zero-order valence-corrected chi connectivity index (χ0v) is 18.9. The maximum atomic E-state index is 13.2. The second-order valence-electron chi connectivity index (χ2n) is 8.00. The van der Waals surface area contributed by atoms with Crippen LogP contribution in [-0.2, 0) is 14.4 Å². The van der Waals surface area contributed by atoms with Crippen molar-refractivity contribution >= 4 is 29.7 Å². The number of likely N-dealkylation sites (tertiary alicyclic amines) is 1. The van der Waals surface area contributed by atoms with Crippen molar-refractivity contribution in [2.45, 2.75) is 56.4 Å². The lowest BCUT2D eigenvalue weighted by atomic mass is 9.93. The van der Waals surface area contributed by atoms with Gasteiger partial charge in [0.15, 0.2) is 0 Å². The SMILES string of the molecule is CCCC[C@@H](C(=O)N1CCC[C@H]1C(=O)NN1NCC(c2ccccc2)S1)[C@H](O)C(=O)NO. The lowest BCUT2D eigenvalue weighted by molar-refractivity contribution is -0.153. The van der Waals surface area contributed by atoms with Gasteiger partial charge in [0.2, 0.25) is 5.91 Å². The molecule has 10 nitrogen and oxygen atoms in total. The third-order valence-corrected chi connectivity index (χ3v) is 6.94. The molecule has 4 atom stereocenters. The number of carbonyl (C=O) groups excluding carboxylic acids is 3. The molecule has 0 radical (unpaired) electrons. The summed E-state index contributed by atoms with van der Waals surface area (Å²) in [5.74, 6) is -2.81. The van der Waals surface area contributed by atoms with Gasteiger partial charge in [-0.15, -0.1) is 0 Å². The number of hydrogen-bond donors (Lipinski definition) is 5. The number of nitrogens with one attached hydrogen (secondary N) is 3. The minimum Gasteiger partial charge on any atom is -0.382 e. The highest BCUT2D eigenvalue weighted by atomic mass is 32.2. The fourth-order valence-electron chi connectivity index (χ4n) is 4.06. The van der Waals surface area contributed by atoms with Crippen LogP contribution >= 0.6 is 11.9 Å². The van der Waals surface area contributed by atoms with E-state index in [0.29, 0.717) is 32.4 Å². The molecule has 2 aliphatic rings. The monoisotopic (exact) mass is 465 g/mol. The molecule has 2 aliphatic heterocycles. The molecule has 1 aromatic rings. The zero-order chi connectivity index (χ0) is 23.1. The van der Waals surface area contributed by atoms with E-state index >= 15 is 0 Å². The molecular formula is C21H31N5O5S. The van der Waals surface area contributed by atoms with Gasteiger partial charge in [-0.25, -0.2) is 10.9 Å². The van der Waals surface area contributed by atoms with E-state index in [9.17, 15) is 19.5 Å². The average molecular weight is 466 g/mol. The van der Waals surface area contributed by atoms with Crippen LogP contribution in [-0.4, -0.2) is 62.7 Å². The minimum absolute atomic E-state index is 0.156. The van der Waals surface area contributed by atoms with Gasteiger partial charge in [-0.2, -0.15) is 0 Å². The van der Waals surface area contributed by atoms with Crippen LogP contribution in [0.25, 0.3) is 0 Å². The first kappa shape index (κ1) is 24.5. The van der Waals surface area contributed by atoms with Crippen LogP contribution in [0.2, 0.25) is 0 Å². The summed E-state index contributed by atoms with van der Waals surface area (Å²) in [5.41, 5.74) is 8.51. The number of aliphatic hydroxyl groups is 1. The second-order valence-corrected chi connectivity index (χ2v) is 9.14. The van der Waals surface area contributed by atoms with Gasteiger partial charge in [-0.3, -0.25) is 25.0 Å². The summed E-state index contributed by atoms with van der Waals surface area (Å²) < 4.78 is 1.57. The van der Waals surface area contributed by atoms with Gasteiger partial charge in [0, 0.05) is 13.1 Å². The van der Waals surface area contributed by atoms with Crippen LogP contribution in [0.1, 0.15) is 49.8 Å². The molecule has 11 heteroatoms. The minimum atomic E-state index is -1.68. The number of rotatable bonds is 9. The Morgan fingerprint density at radius 2 is 2.03 bits per heavy atom. The van der Waals surface area contributed by atoms with Gasteiger partial charge in [0.05, 0.1) is 11.2 Å². The first-order valence-corrected chi connectivity index (χ1v) is 11.8. The largest absolute Gasteiger partial charge is 0.382 e. The van der Waals surface area contributed by atoms with E-state index < -0.39 is 29.9 Å². The highest BCUT2D eigenvalue weighted by Gasteiger charge is 2.41. The molecule has 0 saturated carbocycles. The number of aliphatic hydroxyl groups excluding tert-OH is 1. The molecule has 1 aromatic carbocycles. The Morgan fingerprint density at radius 1 is 1.28 bits per heavy atom. The van der Waals surface area contributed by atoms with Crippen molar-refractivity contribution in [3.05, 3.63) is 35.9 Å². The molecule has 2 fully saturated rings. The molecule has 32 heavy (non-hydrogen) atoms. The zero-order valence-electron chi connectivity index (χ0n) is 18.1. The van der Waals surface area contributed by atoms with E-state index in [0.717, 1.165) is 12.0 Å². The second kappa shape index (κ2) is 11.6. The van der Waals surface area contributed by atoms with E-state index in [1.165, 1.54) is 22.3 Å². The van der Waals surface area contributed by atoms with E-state index in [1.54, 1.807) is 4.52 Å². The molecule has 0 spiro atoms. The van der Waals surface area contributed by atoms with Crippen molar-refractivity contribution in [2.75, 3.05) is 13.1 Å². The van der Waals surface area contributed by atoms with Crippen molar-refractivity contribution < 1.29 is 24.7 Å². The van der Waals surface area contributed by atoms with Crippen molar-refractivity contribution in [2.24, 2.45) is 5.92 Å². The average Bonchev–Trinajstić information content (AvgIpc) is 3.49. The molecule has 5 N–H and O–H groups in total. The standard InChI is InChI=1S/C21H31N5O5S/c1-2-3-10-15(18(27)20(29)24-31)21(30)25-12-7-11-16(25)19(28)23-26-22-13-17(32-26)14-8-5-4-6-9-14/h4-6,8-9,15-18,22,27,31H,2-3,7,10-13H2,1H3,(H,23,28)(H,24,29)/t15-,16+,17?,18+/m1/s1. The molecular weight excluding hydrogens is 434 g/mol. The first-order valence-electron chi connectivity index (χ1n) is 10.9. The highest BCUT2D eigenvalue weighted by Crippen LogP contribution is 2.34. The Labute approximate surface area is 191 Å². The van der Waals surface area contributed by atoms with Crippen LogP contribution in [0.4, 0.5) is 0 Å². The van der Waals surface area contributed by atoms with Gasteiger partial charge in [-0.05, 0) is 36.8 Å². The third-order valence-electron chi connectivity index (χ3n) is 5.82. The lowest BCUT2D eigenvalue weighted by Crippen LogP contribution is -2.54. The summed E-state index contributed by atoms with van der Waals surface area (Å²) in [6, 6.07) is 9.28. The molecule has 0 aliphatic carbocycles. The van der Waals surface area contributed by atoms with Crippen LogP contribution in [0, 0.1) is 5.92 Å². The molecule has 2 saturated heterocycles. The van der Waals surface area contributed by atoms with Crippen molar-refractivity contribution in [1.82, 2.24) is 25.8 Å². The number of hydrogen-bond acceptors (Lipinski definition) is 8. The fourth-order valence-corrected chi connectivity index (χ4v) is 5.03.